The number of cyclic esters (lactones) is 1. The van der Waals surface area contributed by atoms with E-state index in [0.717, 1.165) is 0 Å². The lowest BCUT2D eigenvalue weighted by atomic mass is 9.77. The van der Waals surface area contributed by atoms with Gasteiger partial charge in [-0.3, -0.25) is 9.59 Å². The number of aromatic carboxylic acids is 1. The van der Waals surface area contributed by atoms with Crippen LogP contribution < -0.4 is 10.7 Å². The highest BCUT2D eigenvalue weighted by atomic mass is 16.7. The lowest BCUT2D eigenvalue weighted by Gasteiger charge is -2.49. The minimum atomic E-state index is -1.87. The van der Waals surface area contributed by atoms with Gasteiger partial charge in [0.05, 0.1) is 61.3 Å². The summed E-state index contributed by atoms with van der Waals surface area (Å²) in [6.45, 7) is 20.8. The molecule has 0 bridgehead atoms. The van der Waals surface area contributed by atoms with Crippen LogP contribution in [-0.2, 0) is 54.0 Å². The first kappa shape index (κ1) is 66.5. The van der Waals surface area contributed by atoms with Crippen LogP contribution in [0.1, 0.15) is 118 Å². The summed E-state index contributed by atoms with van der Waals surface area (Å²) >= 11 is 0. The number of carboxylic acids is 1. The van der Waals surface area contributed by atoms with Gasteiger partial charge in [0.1, 0.15) is 41.7 Å². The number of aromatic nitrogens is 1. The smallest absolute Gasteiger partial charge is 0.407 e. The van der Waals surface area contributed by atoms with E-state index >= 15 is 0 Å². The number of alkyl carbamates (subject to hydrolysis) is 1. The number of ether oxygens (including phenoxy) is 9. The van der Waals surface area contributed by atoms with E-state index in [9.17, 15) is 44.7 Å². The van der Waals surface area contributed by atoms with Crippen LogP contribution in [0.25, 0.3) is 10.9 Å². The van der Waals surface area contributed by atoms with E-state index in [1.165, 1.54) is 20.2 Å². The highest BCUT2D eigenvalue weighted by Gasteiger charge is 2.54. The standard InChI is InChI=1S/C58H92N4O18/c1-16-44-58(11,71)49(65)37(7)61(14)31-33(3)29-56(9,70)50(79-54-47(64)43(60(12)13)27-34(4)75-54)35(5)48(36(6)53(68)77-44)78-45-30-57(10,72-15)51(38(8)76-45)80-55(69)59-22-24-74-26-25-73-23-18-19-39-20-21-42-40(28-39)46(63)41(52(66)67)32-62(42)17-2/h20-21,28,32-38,43-45,47-51,54,64-65,70-71H,16-17,22-27,29-31H2,1-15H3,(H,59,69)(H,66,67)/t33-,34-,35+,36-,37-,38+,43+,44-,45+,47-,48+,49-,50-,51+,54+,56-,57-,58-/m1/s1. The summed E-state index contributed by atoms with van der Waals surface area (Å²) < 4.78 is 57.5. The number of aliphatic hydroxyl groups is 4. The highest BCUT2D eigenvalue weighted by Crippen LogP contribution is 2.41. The summed E-state index contributed by atoms with van der Waals surface area (Å²) in [7, 11) is 7.03. The number of hydrogen-bond donors (Lipinski definition) is 6. The Bertz CT molecular complexity index is 2500. The Kier molecular flexibility index (Phi) is 23.9. The molecule has 3 saturated heterocycles. The first-order valence-corrected chi connectivity index (χ1v) is 28.1. The molecule has 0 radical (unpaired) electrons. The number of carboxylic acid groups (broad SMARTS) is 1. The summed E-state index contributed by atoms with van der Waals surface area (Å²) in [6.07, 6.45) is -8.74. The lowest BCUT2D eigenvalue weighted by Crippen LogP contribution is -2.61. The van der Waals surface area contributed by atoms with E-state index in [4.69, 9.17) is 42.6 Å². The first-order chi connectivity index (χ1) is 37.5. The second kappa shape index (κ2) is 28.8. The summed E-state index contributed by atoms with van der Waals surface area (Å²) in [5.74, 6) is 1.62. The molecular formula is C58H92N4O18. The number of esters is 1. The summed E-state index contributed by atoms with van der Waals surface area (Å²) in [5, 5.41) is 60.5. The van der Waals surface area contributed by atoms with Crippen molar-refractivity contribution >= 4 is 28.9 Å². The van der Waals surface area contributed by atoms with Crippen molar-refractivity contribution in [1.29, 1.82) is 0 Å². The zero-order valence-corrected chi connectivity index (χ0v) is 49.6. The fourth-order valence-corrected chi connectivity index (χ4v) is 11.7. The summed E-state index contributed by atoms with van der Waals surface area (Å²) in [5.41, 5.74) is -4.45. The molecule has 1 aromatic heterocycles. The SMILES string of the molecule is CC[C@H]1OC(=O)[C@H](C)[C@@H](O[C@H]2C[C@@](C)(OC)[C@@H](OC(=O)NCCOCCOCC#Cc3ccc4c(c3)c(=O)c(C(=O)O)cn4CC)[C@H](C)O2)[C@H](C)[C@@H](O[C@@H]2O[C@H](C)C[C@H](N(C)C)[C@H]2O)[C@](C)(O)C[C@@H](C)CN(C)[C@H](C)[C@@H](O)[C@]1(C)O. The fourth-order valence-electron chi connectivity index (χ4n) is 11.7. The molecule has 5 rings (SSSR count). The fraction of sp³-hybridized carbons (Fsp3) is 0.759. The number of fused-ring (bicyclic) bond motifs is 1. The normalized spacial score (nSPS) is 36.0. The predicted octanol–water partition coefficient (Wildman–Crippen LogP) is 3.75. The molecule has 1 aromatic carbocycles. The maximum absolute atomic E-state index is 14.6. The molecule has 3 aliphatic heterocycles. The lowest BCUT2D eigenvalue weighted by molar-refractivity contribution is -0.317. The Balaban J connectivity index is 1.26. The van der Waals surface area contributed by atoms with Crippen molar-refractivity contribution in [3.8, 4) is 11.8 Å². The van der Waals surface area contributed by atoms with Crippen LogP contribution in [0.4, 0.5) is 4.79 Å². The minimum absolute atomic E-state index is 0.00826. The molecule has 0 spiro atoms. The maximum Gasteiger partial charge on any atom is 0.407 e. The second-order valence-electron chi connectivity index (χ2n) is 23.1. The van der Waals surface area contributed by atoms with Gasteiger partial charge in [-0.15, -0.1) is 0 Å². The van der Waals surface area contributed by atoms with Gasteiger partial charge in [-0.2, -0.15) is 0 Å². The van der Waals surface area contributed by atoms with Crippen molar-refractivity contribution in [1.82, 2.24) is 19.7 Å². The number of hydrogen-bond acceptors (Lipinski definition) is 19. The van der Waals surface area contributed by atoms with Crippen LogP contribution in [0.5, 0.6) is 0 Å². The van der Waals surface area contributed by atoms with Crippen molar-refractivity contribution in [2.75, 3.05) is 67.8 Å². The van der Waals surface area contributed by atoms with Crippen molar-refractivity contribution in [2.24, 2.45) is 17.8 Å². The predicted molar refractivity (Wildman–Crippen MR) is 296 cm³/mol. The first-order valence-electron chi connectivity index (χ1n) is 28.1. The van der Waals surface area contributed by atoms with Gasteiger partial charge in [0.15, 0.2) is 18.7 Å². The third-order valence-electron chi connectivity index (χ3n) is 16.3. The topological polar surface area (TPSA) is 276 Å². The molecule has 3 aliphatic rings. The van der Waals surface area contributed by atoms with Crippen LogP contribution in [0, 0.1) is 29.6 Å². The van der Waals surface area contributed by atoms with Crippen LogP contribution >= 0.6 is 0 Å². The van der Waals surface area contributed by atoms with Gasteiger partial charge in [0, 0.05) is 68.3 Å². The molecule has 22 heteroatoms. The molecule has 452 valence electrons. The molecule has 22 nitrogen and oxygen atoms in total. The van der Waals surface area contributed by atoms with Gasteiger partial charge in [-0.05, 0) is 120 Å². The Hall–Kier alpha value is -4.32. The Labute approximate surface area is 471 Å². The summed E-state index contributed by atoms with van der Waals surface area (Å²) in [6, 6.07) is 4.14. The van der Waals surface area contributed by atoms with Crippen LogP contribution in [0.3, 0.4) is 0 Å². The number of pyridine rings is 1. The van der Waals surface area contributed by atoms with Crippen molar-refractivity contribution < 1.29 is 82.5 Å². The molecule has 0 aliphatic carbocycles. The van der Waals surface area contributed by atoms with Crippen LogP contribution in [0.15, 0.2) is 29.2 Å². The average Bonchev–Trinajstić information content (AvgIpc) is 3.55. The Morgan fingerprint density at radius 3 is 2.26 bits per heavy atom. The number of nitrogens with one attached hydrogen (secondary N) is 1. The minimum Gasteiger partial charge on any atom is -0.477 e. The number of carbonyl (C=O) groups is 3. The number of nitrogens with zero attached hydrogens (tertiary/aromatic N) is 3. The zero-order valence-electron chi connectivity index (χ0n) is 49.6. The number of methoxy groups -OCH3 is 1. The van der Waals surface area contributed by atoms with E-state index < -0.39 is 113 Å². The molecule has 0 saturated carbocycles. The molecule has 2 aromatic rings. The molecule has 80 heavy (non-hydrogen) atoms. The largest absolute Gasteiger partial charge is 0.477 e. The van der Waals surface area contributed by atoms with E-state index in [1.807, 2.05) is 51.7 Å². The van der Waals surface area contributed by atoms with E-state index in [0.29, 0.717) is 30.6 Å². The van der Waals surface area contributed by atoms with Gasteiger partial charge in [-0.25, -0.2) is 9.59 Å². The molecule has 0 unspecified atom stereocenters. The average molecular weight is 1130 g/mol. The van der Waals surface area contributed by atoms with E-state index in [2.05, 4.69) is 17.2 Å². The van der Waals surface area contributed by atoms with Gasteiger partial charge in [0.2, 0.25) is 5.43 Å². The second-order valence-corrected chi connectivity index (χ2v) is 23.1. The number of rotatable bonds is 17. The number of amides is 1. The van der Waals surface area contributed by atoms with E-state index in [-0.39, 0.29) is 81.2 Å². The maximum atomic E-state index is 14.6. The zero-order chi connectivity index (χ0) is 59.6. The van der Waals surface area contributed by atoms with Gasteiger partial charge >= 0.3 is 18.0 Å². The third-order valence-corrected chi connectivity index (χ3v) is 16.3. The van der Waals surface area contributed by atoms with Crippen molar-refractivity contribution in [2.45, 2.75) is 199 Å². The highest BCUT2D eigenvalue weighted by molar-refractivity contribution is 5.93. The number of aryl methyl sites for hydroxylation is 1. The third kappa shape index (κ3) is 16.3. The van der Waals surface area contributed by atoms with Gasteiger partial charge in [-0.1, -0.05) is 32.6 Å². The van der Waals surface area contributed by atoms with Gasteiger partial charge < -0.3 is 87.8 Å². The van der Waals surface area contributed by atoms with Crippen molar-refractivity contribution in [3.05, 3.63) is 45.7 Å². The number of aliphatic hydroxyl groups excluding tert-OH is 2. The number of likely N-dealkylation sites (N-methyl/N-ethyl adjacent to an activating group) is 2. The Morgan fingerprint density at radius 2 is 1.62 bits per heavy atom. The molecule has 1 amide bonds. The molecular weight excluding hydrogens is 1040 g/mol. The monoisotopic (exact) mass is 1130 g/mol. The molecule has 3 fully saturated rings. The van der Waals surface area contributed by atoms with Crippen LogP contribution in [0.2, 0.25) is 0 Å². The molecule has 18 atom stereocenters. The van der Waals surface area contributed by atoms with E-state index in [1.54, 1.807) is 71.2 Å². The summed E-state index contributed by atoms with van der Waals surface area (Å²) in [4.78, 5) is 56.1. The van der Waals surface area contributed by atoms with Gasteiger partial charge in [0.25, 0.3) is 0 Å². The molecule has 6 N–H and O–H groups in total. The molecule has 4 heterocycles. The van der Waals surface area contributed by atoms with Crippen LogP contribution in [-0.4, -0.2) is 216 Å². The number of carbonyl (C=O) groups excluding carboxylic acids is 2. The Morgan fingerprint density at radius 1 is 0.938 bits per heavy atom. The quantitative estimate of drug-likeness (QED) is 0.0748. The number of benzene rings is 1. The van der Waals surface area contributed by atoms with Crippen molar-refractivity contribution in [3.63, 3.8) is 0 Å².